The SMILES string of the molecule is O=C(NCc1cccc(Br)c1)[C@@H]1CCCCN1S(=O)(=O)c1ccc(F)cc1. The van der Waals surface area contributed by atoms with Crippen molar-refractivity contribution in [3.8, 4) is 0 Å². The monoisotopic (exact) mass is 454 g/mol. The van der Waals surface area contributed by atoms with Gasteiger partial charge in [0, 0.05) is 17.6 Å². The van der Waals surface area contributed by atoms with Crippen molar-refractivity contribution >= 4 is 31.9 Å². The molecule has 3 rings (SSSR count). The highest BCUT2D eigenvalue weighted by atomic mass is 79.9. The Kier molecular flexibility index (Phi) is 6.29. The lowest BCUT2D eigenvalue weighted by Gasteiger charge is -2.33. The largest absolute Gasteiger partial charge is 0.351 e. The molecule has 0 aromatic heterocycles. The molecule has 1 amide bonds. The lowest BCUT2D eigenvalue weighted by molar-refractivity contribution is -0.125. The molecule has 2 aromatic carbocycles. The Morgan fingerprint density at radius 3 is 2.63 bits per heavy atom. The van der Waals surface area contributed by atoms with Gasteiger partial charge >= 0.3 is 0 Å². The van der Waals surface area contributed by atoms with Crippen molar-refractivity contribution < 1.29 is 17.6 Å². The minimum Gasteiger partial charge on any atom is -0.351 e. The second-order valence-electron chi connectivity index (χ2n) is 6.43. The van der Waals surface area contributed by atoms with Crippen molar-refractivity contribution in [3.63, 3.8) is 0 Å². The van der Waals surface area contributed by atoms with E-state index in [4.69, 9.17) is 0 Å². The van der Waals surface area contributed by atoms with E-state index in [2.05, 4.69) is 21.2 Å². The summed E-state index contributed by atoms with van der Waals surface area (Å²) in [6, 6.07) is 11.5. The Labute approximate surface area is 166 Å². The number of carbonyl (C=O) groups is 1. The van der Waals surface area contributed by atoms with E-state index >= 15 is 0 Å². The van der Waals surface area contributed by atoms with Gasteiger partial charge in [-0.2, -0.15) is 4.31 Å². The lowest BCUT2D eigenvalue weighted by atomic mass is 10.0. The van der Waals surface area contributed by atoms with Crippen LogP contribution in [0.4, 0.5) is 4.39 Å². The first-order valence-corrected chi connectivity index (χ1v) is 10.9. The maximum atomic E-state index is 13.1. The Balaban J connectivity index is 1.76. The quantitative estimate of drug-likeness (QED) is 0.751. The van der Waals surface area contributed by atoms with Crippen LogP contribution in [0.25, 0.3) is 0 Å². The number of hydrogen-bond donors (Lipinski definition) is 1. The van der Waals surface area contributed by atoms with Gasteiger partial charge in [0.05, 0.1) is 4.90 Å². The van der Waals surface area contributed by atoms with E-state index in [1.54, 1.807) is 0 Å². The Morgan fingerprint density at radius 1 is 1.19 bits per heavy atom. The van der Waals surface area contributed by atoms with E-state index in [1.807, 2.05) is 24.3 Å². The van der Waals surface area contributed by atoms with Crippen LogP contribution in [0.1, 0.15) is 24.8 Å². The van der Waals surface area contributed by atoms with Crippen LogP contribution >= 0.6 is 15.9 Å². The first-order valence-electron chi connectivity index (χ1n) is 8.67. The molecule has 1 atom stereocenters. The van der Waals surface area contributed by atoms with E-state index in [0.29, 0.717) is 19.4 Å². The highest BCUT2D eigenvalue weighted by Crippen LogP contribution is 2.26. The molecule has 144 valence electrons. The zero-order valence-electron chi connectivity index (χ0n) is 14.6. The smallest absolute Gasteiger partial charge is 0.243 e. The fourth-order valence-corrected chi connectivity index (χ4v) is 5.25. The fraction of sp³-hybridized carbons (Fsp3) is 0.316. The van der Waals surface area contributed by atoms with Crippen molar-refractivity contribution in [1.29, 1.82) is 0 Å². The van der Waals surface area contributed by atoms with Crippen molar-refractivity contribution in [1.82, 2.24) is 9.62 Å². The molecular formula is C19H20BrFN2O3S. The first kappa shape index (κ1) is 20.0. The van der Waals surface area contributed by atoms with Crippen LogP contribution in [0.3, 0.4) is 0 Å². The summed E-state index contributed by atoms with van der Waals surface area (Å²) in [5.74, 6) is -0.823. The number of amides is 1. The molecule has 2 aromatic rings. The van der Waals surface area contributed by atoms with Gasteiger partial charge in [0.1, 0.15) is 11.9 Å². The van der Waals surface area contributed by atoms with Crippen LogP contribution < -0.4 is 5.32 Å². The molecule has 1 aliphatic rings. The third-order valence-corrected chi connectivity index (χ3v) is 6.95. The molecule has 27 heavy (non-hydrogen) atoms. The Hall–Kier alpha value is -1.77. The number of piperidine rings is 1. The van der Waals surface area contributed by atoms with Crippen LogP contribution in [0.5, 0.6) is 0 Å². The van der Waals surface area contributed by atoms with Crippen molar-refractivity contribution in [2.75, 3.05) is 6.54 Å². The van der Waals surface area contributed by atoms with Crippen LogP contribution in [0.15, 0.2) is 57.9 Å². The third-order valence-electron chi connectivity index (χ3n) is 4.53. The van der Waals surface area contributed by atoms with Crippen molar-refractivity contribution in [2.24, 2.45) is 0 Å². The number of halogens is 2. The fourth-order valence-electron chi connectivity index (χ4n) is 3.15. The molecule has 0 bridgehead atoms. The van der Waals surface area contributed by atoms with Crippen LogP contribution in [-0.2, 0) is 21.4 Å². The topological polar surface area (TPSA) is 66.5 Å². The predicted octanol–water partition coefficient (Wildman–Crippen LogP) is 3.45. The van der Waals surface area contributed by atoms with Gasteiger partial charge in [-0.15, -0.1) is 0 Å². The van der Waals surface area contributed by atoms with Crippen LogP contribution in [-0.4, -0.2) is 31.2 Å². The summed E-state index contributed by atoms with van der Waals surface area (Å²) in [5.41, 5.74) is 0.918. The number of hydrogen-bond acceptors (Lipinski definition) is 3. The standard InChI is InChI=1S/C19H20BrFN2O3S/c20-15-5-3-4-14(12-15)13-22-19(24)18-6-1-2-11-23(18)27(25,26)17-9-7-16(21)8-10-17/h3-5,7-10,12,18H,1-2,6,11,13H2,(H,22,24)/t18-/m0/s1. The van der Waals surface area contributed by atoms with Gasteiger partial charge in [-0.3, -0.25) is 4.79 Å². The van der Waals surface area contributed by atoms with Gasteiger partial charge in [-0.1, -0.05) is 34.5 Å². The summed E-state index contributed by atoms with van der Waals surface area (Å²) in [4.78, 5) is 12.7. The number of benzene rings is 2. The summed E-state index contributed by atoms with van der Waals surface area (Å²) < 4.78 is 41.2. The van der Waals surface area contributed by atoms with E-state index in [-0.39, 0.29) is 17.3 Å². The molecule has 1 heterocycles. The molecule has 5 nitrogen and oxygen atoms in total. The Bertz CT molecular complexity index is 919. The second-order valence-corrected chi connectivity index (χ2v) is 9.24. The minimum absolute atomic E-state index is 0.00408. The van der Waals surface area contributed by atoms with Gasteiger partial charge in [-0.25, -0.2) is 12.8 Å². The average Bonchev–Trinajstić information content (AvgIpc) is 2.66. The molecular weight excluding hydrogens is 435 g/mol. The number of sulfonamides is 1. The lowest BCUT2D eigenvalue weighted by Crippen LogP contribution is -2.51. The molecule has 0 unspecified atom stereocenters. The summed E-state index contributed by atoms with van der Waals surface area (Å²) in [6.07, 6.45) is 1.94. The van der Waals surface area contributed by atoms with Gasteiger partial charge in [0.25, 0.3) is 0 Å². The zero-order chi connectivity index (χ0) is 19.4. The van der Waals surface area contributed by atoms with Crippen molar-refractivity contribution in [3.05, 3.63) is 64.4 Å². The highest BCUT2D eigenvalue weighted by molar-refractivity contribution is 9.10. The molecule has 0 spiro atoms. The molecule has 1 fully saturated rings. The normalized spacial score (nSPS) is 18.2. The molecule has 1 saturated heterocycles. The molecule has 0 radical (unpaired) electrons. The zero-order valence-corrected chi connectivity index (χ0v) is 17.0. The molecule has 1 N–H and O–H groups in total. The molecule has 0 aliphatic carbocycles. The van der Waals surface area contributed by atoms with Crippen LogP contribution in [0.2, 0.25) is 0 Å². The summed E-state index contributed by atoms with van der Waals surface area (Å²) in [5, 5.41) is 2.83. The number of carbonyl (C=O) groups excluding carboxylic acids is 1. The van der Waals surface area contributed by atoms with Gasteiger partial charge in [-0.05, 0) is 54.8 Å². The first-order chi connectivity index (χ1) is 12.9. The maximum absolute atomic E-state index is 13.1. The third kappa shape index (κ3) is 4.75. The van der Waals surface area contributed by atoms with E-state index in [1.165, 1.54) is 16.4 Å². The molecule has 0 saturated carbocycles. The van der Waals surface area contributed by atoms with Crippen LogP contribution in [0, 0.1) is 5.82 Å². The van der Waals surface area contributed by atoms with Gasteiger partial charge in [0.15, 0.2) is 0 Å². The molecule has 1 aliphatic heterocycles. The highest BCUT2D eigenvalue weighted by Gasteiger charge is 2.37. The van der Waals surface area contributed by atoms with Gasteiger partial charge < -0.3 is 5.32 Å². The summed E-state index contributed by atoms with van der Waals surface area (Å²) in [7, 11) is -3.86. The average molecular weight is 455 g/mol. The number of nitrogens with zero attached hydrogens (tertiary/aromatic N) is 1. The Morgan fingerprint density at radius 2 is 1.93 bits per heavy atom. The summed E-state index contributed by atoms with van der Waals surface area (Å²) in [6.45, 7) is 0.591. The summed E-state index contributed by atoms with van der Waals surface area (Å²) >= 11 is 3.39. The van der Waals surface area contributed by atoms with E-state index in [9.17, 15) is 17.6 Å². The number of rotatable bonds is 5. The minimum atomic E-state index is -3.86. The predicted molar refractivity (Wildman–Crippen MR) is 104 cm³/mol. The number of nitrogens with one attached hydrogen (secondary N) is 1. The molecule has 8 heteroatoms. The maximum Gasteiger partial charge on any atom is 0.243 e. The van der Waals surface area contributed by atoms with Gasteiger partial charge in [0.2, 0.25) is 15.9 Å². The van der Waals surface area contributed by atoms with E-state index in [0.717, 1.165) is 28.6 Å². The van der Waals surface area contributed by atoms with E-state index < -0.39 is 21.9 Å². The van der Waals surface area contributed by atoms with Crippen molar-refractivity contribution in [2.45, 2.75) is 36.7 Å². The second kappa shape index (κ2) is 8.50.